The lowest BCUT2D eigenvalue weighted by Crippen LogP contribution is -2.02. The van der Waals surface area contributed by atoms with E-state index in [1.807, 2.05) is 18.2 Å². The molecule has 0 saturated carbocycles. The fraction of sp³-hybridized carbons (Fsp3) is 0.364. The third kappa shape index (κ3) is 2.72. The molecule has 0 fully saturated rings. The fourth-order valence-electron chi connectivity index (χ4n) is 1.41. The molecule has 2 rings (SSSR count). The van der Waals surface area contributed by atoms with Gasteiger partial charge in [0.05, 0.1) is 24.2 Å². The molecule has 1 N–H and O–H groups in total. The molecule has 16 heavy (non-hydrogen) atoms. The minimum atomic E-state index is 0.454. The summed E-state index contributed by atoms with van der Waals surface area (Å²) >= 11 is 5.88. The Morgan fingerprint density at radius 3 is 3.06 bits per heavy atom. The van der Waals surface area contributed by atoms with E-state index in [4.69, 9.17) is 21.1 Å². The first-order valence-electron chi connectivity index (χ1n) is 5.00. The van der Waals surface area contributed by atoms with E-state index in [2.05, 4.69) is 9.97 Å². The fourth-order valence-corrected chi connectivity index (χ4v) is 1.59. The van der Waals surface area contributed by atoms with Gasteiger partial charge in [0.15, 0.2) is 0 Å². The molecule has 4 nitrogen and oxygen atoms in total. The Morgan fingerprint density at radius 1 is 1.38 bits per heavy atom. The average molecular weight is 241 g/mol. The number of fused-ring (bicyclic) bond motifs is 1. The van der Waals surface area contributed by atoms with Gasteiger partial charge in [-0.1, -0.05) is 11.6 Å². The van der Waals surface area contributed by atoms with Crippen molar-refractivity contribution in [3.8, 4) is 0 Å². The zero-order valence-corrected chi connectivity index (χ0v) is 9.75. The highest BCUT2D eigenvalue weighted by atomic mass is 35.5. The zero-order valence-electron chi connectivity index (χ0n) is 9.00. The number of rotatable bonds is 5. The van der Waals surface area contributed by atoms with Crippen LogP contribution in [0.3, 0.4) is 0 Å². The maximum absolute atomic E-state index is 5.88. The van der Waals surface area contributed by atoms with Crippen LogP contribution in [-0.4, -0.2) is 30.3 Å². The van der Waals surface area contributed by atoms with Crippen LogP contribution >= 0.6 is 11.6 Å². The maximum Gasteiger partial charge on any atom is 0.133 e. The van der Waals surface area contributed by atoms with Crippen LogP contribution < -0.4 is 0 Å². The molecule has 0 amide bonds. The van der Waals surface area contributed by atoms with E-state index in [1.165, 1.54) is 0 Å². The average Bonchev–Trinajstić information content (AvgIpc) is 2.66. The lowest BCUT2D eigenvalue weighted by Gasteiger charge is -1.99. The van der Waals surface area contributed by atoms with Crippen LogP contribution in [0.15, 0.2) is 18.2 Å². The number of hydrogen-bond donors (Lipinski definition) is 1. The van der Waals surface area contributed by atoms with Gasteiger partial charge in [-0.05, 0) is 18.2 Å². The van der Waals surface area contributed by atoms with Gasteiger partial charge < -0.3 is 14.5 Å². The molecule has 1 aromatic carbocycles. The normalized spacial score (nSPS) is 11.1. The number of ether oxygens (including phenoxy) is 2. The van der Waals surface area contributed by atoms with Gasteiger partial charge in [-0.25, -0.2) is 4.98 Å². The van der Waals surface area contributed by atoms with Crippen LogP contribution in [0.4, 0.5) is 0 Å². The monoisotopic (exact) mass is 240 g/mol. The Morgan fingerprint density at radius 2 is 2.25 bits per heavy atom. The molecular formula is C11H13ClN2O2. The summed E-state index contributed by atoms with van der Waals surface area (Å²) < 4.78 is 10.2. The SMILES string of the molecule is COCCOCc1nc2ccc(Cl)cc2[nH]1. The molecule has 1 heterocycles. The van der Waals surface area contributed by atoms with Gasteiger partial charge in [0, 0.05) is 12.1 Å². The highest BCUT2D eigenvalue weighted by molar-refractivity contribution is 6.31. The number of methoxy groups -OCH3 is 1. The number of nitrogens with one attached hydrogen (secondary N) is 1. The number of benzene rings is 1. The molecule has 0 spiro atoms. The summed E-state index contributed by atoms with van der Waals surface area (Å²) in [6.07, 6.45) is 0. The molecule has 0 radical (unpaired) electrons. The molecular weight excluding hydrogens is 228 g/mol. The summed E-state index contributed by atoms with van der Waals surface area (Å²) in [5, 5.41) is 0.697. The highest BCUT2D eigenvalue weighted by Crippen LogP contribution is 2.17. The predicted octanol–water partition coefficient (Wildman–Crippen LogP) is 2.38. The molecule has 0 saturated heterocycles. The van der Waals surface area contributed by atoms with Gasteiger partial charge in [0.1, 0.15) is 12.4 Å². The van der Waals surface area contributed by atoms with E-state index >= 15 is 0 Å². The first-order chi connectivity index (χ1) is 7.79. The molecule has 0 aliphatic carbocycles. The number of halogens is 1. The Balaban J connectivity index is 2.02. The van der Waals surface area contributed by atoms with Crippen molar-refractivity contribution in [3.63, 3.8) is 0 Å². The van der Waals surface area contributed by atoms with E-state index in [0.717, 1.165) is 16.9 Å². The number of aromatic nitrogens is 2. The van der Waals surface area contributed by atoms with Crippen molar-refractivity contribution in [2.24, 2.45) is 0 Å². The summed E-state index contributed by atoms with van der Waals surface area (Å²) in [7, 11) is 1.65. The third-order valence-electron chi connectivity index (χ3n) is 2.16. The minimum Gasteiger partial charge on any atom is -0.382 e. The summed E-state index contributed by atoms with van der Waals surface area (Å²) in [5.41, 5.74) is 1.83. The van der Waals surface area contributed by atoms with E-state index in [9.17, 15) is 0 Å². The van der Waals surface area contributed by atoms with Gasteiger partial charge in [0.25, 0.3) is 0 Å². The molecule has 0 atom stereocenters. The lowest BCUT2D eigenvalue weighted by molar-refractivity contribution is 0.0590. The highest BCUT2D eigenvalue weighted by Gasteiger charge is 2.02. The van der Waals surface area contributed by atoms with Crippen LogP contribution in [0.2, 0.25) is 5.02 Å². The number of imidazole rings is 1. The van der Waals surface area contributed by atoms with E-state index in [0.29, 0.717) is 24.8 Å². The van der Waals surface area contributed by atoms with E-state index in [-0.39, 0.29) is 0 Å². The molecule has 86 valence electrons. The van der Waals surface area contributed by atoms with Crippen LogP contribution in [0, 0.1) is 0 Å². The first kappa shape index (κ1) is 11.4. The number of hydrogen-bond acceptors (Lipinski definition) is 3. The van der Waals surface area contributed by atoms with Crippen LogP contribution in [0.1, 0.15) is 5.82 Å². The summed E-state index contributed by atoms with van der Waals surface area (Å²) in [4.78, 5) is 7.52. The van der Waals surface area contributed by atoms with E-state index < -0.39 is 0 Å². The predicted molar refractivity (Wildman–Crippen MR) is 62.6 cm³/mol. The van der Waals surface area contributed by atoms with Gasteiger partial charge >= 0.3 is 0 Å². The van der Waals surface area contributed by atoms with E-state index in [1.54, 1.807) is 7.11 Å². The molecule has 2 aromatic rings. The second-order valence-electron chi connectivity index (χ2n) is 3.39. The Kier molecular flexibility index (Phi) is 3.77. The van der Waals surface area contributed by atoms with Crippen molar-refractivity contribution in [2.45, 2.75) is 6.61 Å². The Labute approximate surface area is 98.5 Å². The maximum atomic E-state index is 5.88. The standard InChI is InChI=1S/C11H13ClN2O2/c1-15-4-5-16-7-11-13-9-3-2-8(12)6-10(9)14-11/h2-3,6H,4-5,7H2,1H3,(H,13,14). The number of aromatic amines is 1. The second kappa shape index (κ2) is 5.30. The quantitative estimate of drug-likeness (QED) is 0.817. The van der Waals surface area contributed by atoms with Crippen molar-refractivity contribution >= 4 is 22.6 Å². The third-order valence-corrected chi connectivity index (χ3v) is 2.40. The van der Waals surface area contributed by atoms with Gasteiger partial charge in [-0.2, -0.15) is 0 Å². The summed E-state index contributed by atoms with van der Waals surface area (Å²) in [6.45, 7) is 1.61. The molecule has 0 unspecified atom stereocenters. The first-order valence-corrected chi connectivity index (χ1v) is 5.38. The largest absolute Gasteiger partial charge is 0.382 e. The smallest absolute Gasteiger partial charge is 0.133 e. The van der Waals surface area contributed by atoms with Crippen LogP contribution in [-0.2, 0) is 16.1 Å². The van der Waals surface area contributed by atoms with Gasteiger partial charge in [0.2, 0.25) is 0 Å². The molecule has 0 aliphatic heterocycles. The number of nitrogens with zero attached hydrogens (tertiary/aromatic N) is 1. The van der Waals surface area contributed by atoms with Crippen molar-refractivity contribution in [3.05, 3.63) is 29.0 Å². The van der Waals surface area contributed by atoms with Crippen LogP contribution in [0.25, 0.3) is 11.0 Å². The van der Waals surface area contributed by atoms with Gasteiger partial charge in [-0.15, -0.1) is 0 Å². The molecule has 0 aliphatic rings. The van der Waals surface area contributed by atoms with Crippen molar-refractivity contribution in [1.29, 1.82) is 0 Å². The summed E-state index contributed by atoms with van der Waals surface area (Å²) in [6, 6.07) is 5.55. The lowest BCUT2D eigenvalue weighted by atomic mass is 10.3. The van der Waals surface area contributed by atoms with Gasteiger partial charge in [-0.3, -0.25) is 0 Å². The van der Waals surface area contributed by atoms with Crippen molar-refractivity contribution < 1.29 is 9.47 Å². The Hall–Kier alpha value is -1.10. The molecule has 0 bridgehead atoms. The topological polar surface area (TPSA) is 47.1 Å². The van der Waals surface area contributed by atoms with Crippen molar-refractivity contribution in [2.75, 3.05) is 20.3 Å². The molecule has 1 aromatic heterocycles. The molecule has 5 heteroatoms. The Bertz CT molecular complexity index is 470. The minimum absolute atomic E-state index is 0.454. The van der Waals surface area contributed by atoms with Crippen molar-refractivity contribution in [1.82, 2.24) is 9.97 Å². The number of H-pyrrole nitrogens is 1. The summed E-state index contributed by atoms with van der Waals surface area (Å²) in [5.74, 6) is 0.799. The second-order valence-corrected chi connectivity index (χ2v) is 3.83. The zero-order chi connectivity index (χ0) is 11.4. The van der Waals surface area contributed by atoms with Crippen LogP contribution in [0.5, 0.6) is 0 Å².